The number of benzene rings is 3. The molecule has 0 fully saturated rings. The highest BCUT2D eigenvalue weighted by Gasteiger charge is 2.31. The van der Waals surface area contributed by atoms with E-state index < -0.39 is 12.5 Å². The highest BCUT2D eigenvalue weighted by molar-refractivity contribution is 6.05. The van der Waals surface area contributed by atoms with Gasteiger partial charge in [-0.1, -0.05) is 37.3 Å². The van der Waals surface area contributed by atoms with Gasteiger partial charge in [-0.15, -0.1) is 13.2 Å². The van der Waals surface area contributed by atoms with Crippen LogP contribution in [0.4, 0.5) is 13.2 Å². The summed E-state index contributed by atoms with van der Waals surface area (Å²) in [7, 11) is 0. The van der Waals surface area contributed by atoms with Crippen molar-refractivity contribution in [2.45, 2.75) is 25.8 Å². The summed E-state index contributed by atoms with van der Waals surface area (Å²) < 4.78 is 42.8. The number of rotatable bonds is 5. The van der Waals surface area contributed by atoms with Gasteiger partial charge < -0.3 is 9.84 Å². The Morgan fingerprint density at radius 1 is 1.10 bits per heavy atom. The molecule has 1 atom stereocenters. The highest BCUT2D eigenvalue weighted by Crippen LogP contribution is 2.29. The minimum absolute atomic E-state index is 0.269. The zero-order valence-electron chi connectivity index (χ0n) is 16.1. The van der Waals surface area contributed by atoms with Crippen molar-refractivity contribution in [3.05, 3.63) is 72.6 Å². The second-order valence-corrected chi connectivity index (χ2v) is 6.90. The summed E-state index contributed by atoms with van der Waals surface area (Å²) in [5, 5.41) is 11.7. The van der Waals surface area contributed by atoms with E-state index in [9.17, 15) is 18.3 Å². The summed E-state index contributed by atoms with van der Waals surface area (Å²) >= 11 is 0. The van der Waals surface area contributed by atoms with Crippen molar-refractivity contribution in [3.63, 3.8) is 0 Å². The molecule has 0 spiro atoms. The monoisotopic (exact) mass is 412 g/mol. The second-order valence-electron chi connectivity index (χ2n) is 6.90. The summed E-state index contributed by atoms with van der Waals surface area (Å²) in [5.74, 6) is -0.269. The predicted molar refractivity (Wildman–Crippen MR) is 111 cm³/mol. The van der Waals surface area contributed by atoms with E-state index in [0.29, 0.717) is 12.1 Å². The van der Waals surface area contributed by atoms with Gasteiger partial charge in [-0.3, -0.25) is 4.57 Å². The first kappa shape index (κ1) is 20.0. The number of hydrogen-bond donors (Lipinski definition) is 1. The van der Waals surface area contributed by atoms with Crippen LogP contribution >= 0.6 is 0 Å². The molecule has 4 aromatic rings. The molecule has 1 heterocycles. The normalized spacial score (nSPS) is 13.4. The Kier molecular flexibility index (Phi) is 5.22. The molecule has 7 heteroatoms. The van der Waals surface area contributed by atoms with Crippen LogP contribution in [-0.2, 0) is 0 Å². The Morgan fingerprint density at radius 3 is 2.57 bits per heavy atom. The highest BCUT2D eigenvalue weighted by atomic mass is 19.4. The first-order valence-corrected chi connectivity index (χ1v) is 9.46. The molecule has 30 heavy (non-hydrogen) atoms. The molecule has 1 aromatic heterocycles. The largest absolute Gasteiger partial charge is 0.573 e. The molecule has 0 aliphatic heterocycles. The van der Waals surface area contributed by atoms with E-state index >= 15 is 0 Å². The molecule has 1 N–H and O–H groups in total. The first-order valence-electron chi connectivity index (χ1n) is 9.46. The molecule has 3 aromatic carbocycles. The van der Waals surface area contributed by atoms with Crippen LogP contribution in [0, 0.1) is 0 Å². The summed E-state index contributed by atoms with van der Waals surface area (Å²) in [6.45, 7) is 1.92. The zero-order valence-corrected chi connectivity index (χ0v) is 16.1. The van der Waals surface area contributed by atoms with E-state index in [4.69, 9.17) is 0 Å². The molecule has 4 nitrogen and oxygen atoms in total. The molecule has 0 saturated carbocycles. The van der Waals surface area contributed by atoms with E-state index in [-0.39, 0.29) is 5.75 Å². The molecular formula is C23H19F3N2O2. The van der Waals surface area contributed by atoms with Crippen molar-refractivity contribution in [2.24, 2.45) is 0 Å². The van der Waals surface area contributed by atoms with Crippen molar-refractivity contribution in [3.8, 4) is 11.4 Å². The number of fused-ring (bicyclic) bond motifs is 3. The van der Waals surface area contributed by atoms with Crippen LogP contribution in [0.5, 0.6) is 5.75 Å². The molecule has 0 radical (unpaired) electrons. The number of aliphatic hydroxyl groups excluding tert-OH is 1. The lowest BCUT2D eigenvalue weighted by atomic mass is 10.0. The number of aromatic nitrogens is 2. The maximum atomic E-state index is 12.4. The summed E-state index contributed by atoms with van der Waals surface area (Å²) in [6, 6.07) is 15.5. The van der Waals surface area contributed by atoms with Gasteiger partial charge in [0, 0.05) is 11.1 Å². The Bertz CT molecular complexity index is 1210. The van der Waals surface area contributed by atoms with E-state index in [1.165, 1.54) is 12.1 Å². The Labute approximate surface area is 170 Å². The van der Waals surface area contributed by atoms with Gasteiger partial charge in [-0.05, 0) is 53.8 Å². The lowest BCUT2D eigenvalue weighted by Gasteiger charge is -2.10. The maximum absolute atomic E-state index is 12.4. The average Bonchev–Trinajstić information content (AvgIpc) is 3.15. The van der Waals surface area contributed by atoms with Crippen molar-refractivity contribution in [2.75, 3.05) is 0 Å². The molecule has 0 amide bonds. The fourth-order valence-corrected chi connectivity index (χ4v) is 3.30. The number of aliphatic hydroxyl groups is 1. The number of hydrogen-bond acceptors (Lipinski definition) is 3. The van der Waals surface area contributed by atoms with Gasteiger partial charge in [0.2, 0.25) is 0 Å². The molecular weight excluding hydrogens is 393 g/mol. The van der Waals surface area contributed by atoms with Crippen molar-refractivity contribution < 1.29 is 23.0 Å². The van der Waals surface area contributed by atoms with Crippen LogP contribution in [0.3, 0.4) is 0 Å². The number of alkyl halides is 3. The number of halogens is 3. The minimum Gasteiger partial charge on any atom is -0.406 e. The van der Waals surface area contributed by atoms with Gasteiger partial charge >= 0.3 is 6.36 Å². The van der Waals surface area contributed by atoms with Crippen LogP contribution < -0.4 is 4.74 Å². The van der Waals surface area contributed by atoms with Gasteiger partial charge in [-0.2, -0.15) is 0 Å². The summed E-state index contributed by atoms with van der Waals surface area (Å²) in [5.41, 5.74) is 3.30. The van der Waals surface area contributed by atoms with Gasteiger partial charge in [-0.25, -0.2) is 4.98 Å². The van der Waals surface area contributed by atoms with Crippen molar-refractivity contribution in [1.29, 1.82) is 0 Å². The molecule has 154 valence electrons. The van der Waals surface area contributed by atoms with Crippen LogP contribution in [0.15, 0.2) is 67.0 Å². The topological polar surface area (TPSA) is 47.3 Å². The Morgan fingerprint density at radius 2 is 1.87 bits per heavy atom. The Hall–Kier alpha value is -3.32. The lowest BCUT2D eigenvalue weighted by molar-refractivity contribution is -0.274. The molecule has 0 aliphatic rings. The van der Waals surface area contributed by atoms with Crippen molar-refractivity contribution >= 4 is 27.9 Å². The minimum atomic E-state index is -4.72. The van der Waals surface area contributed by atoms with E-state index in [1.54, 1.807) is 24.5 Å². The second kappa shape index (κ2) is 7.84. The van der Waals surface area contributed by atoms with Crippen LogP contribution in [0.25, 0.3) is 33.6 Å². The molecule has 0 bridgehead atoms. The molecule has 1 unspecified atom stereocenters. The maximum Gasteiger partial charge on any atom is 0.573 e. The van der Waals surface area contributed by atoms with Crippen LogP contribution in [0.1, 0.15) is 18.9 Å². The lowest BCUT2D eigenvalue weighted by Crippen LogP contribution is -2.17. The SMILES string of the molecule is CCC(O)C=Cc1ccc2c(ccc3c2ncn3-c2ccc(OC(F)(F)F)cc2)c1. The molecule has 0 aliphatic carbocycles. The smallest absolute Gasteiger partial charge is 0.406 e. The third-order valence-electron chi connectivity index (χ3n) is 4.83. The van der Waals surface area contributed by atoms with E-state index in [2.05, 4.69) is 9.72 Å². The third kappa shape index (κ3) is 4.16. The molecule has 0 saturated heterocycles. The predicted octanol–water partition coefficient (Wildman–Crippen LogP) is 5.86. The van der Waals surface area contributed by atoms with Crippen molar-refractivity contribution in [1.82, 2.24) is 9.55 Å². The van der Waals surface area contributed by atoms with Gasteiger partial charge in [0.05, 0.1) is 17.1 Å². The number of nitrogens with zero attached hydrogens (tertiary/aromatic N) is 2. The third-order valence-corrected chi connectivity index (χ3v) is 4.83. The summed E-state index contributed by atoms with van der Waals surface area (Å²) in [4.78, 5) is 4.52. The van der Waals surface area contributed by atoms with E-state index in [0.717, 1.165) is 27.4 Å². The van der Waals surface area contributed by atoms with Crippen LogP contribution in [0.2, 0.25) is 0 Å². The summed E-state index contributed by atoms with van der Waals surface area (Å²) in [6.07, 6.45) is 0.777. The Balaban J connectivity index is 1.68. The van der Waals surface area contributed by atoms with Gasteiger partial charge in [0.15, 0.2) is 0 Å². The fraction of sp³-hybridized carbons (Fsp3) is 0.174. The van der Waals surface area contributed by atoms with Crippen LogP contribution in [-0.4, -0.2) is 27.1 Å². The number of imidazole rings is 1. The number of ether oxygens (including phenoxy) is 1. The quantitative estimate of drug-likeness (QED) is 0.447. The average molecular weight is 412 g/mol. The molecule has 4 rings (SSSR count). The van der Waals surface area contributed by atoms with Gasteiger partial charge in [0.25, 0.3) is 0 Å². The van der Waals surface area contributed by atoms with E-state index in [1.807, 2.05) is 47.9 Å². The first-order chi connectivity index (χ1) is 14.3. The zero-order chi connectivity index (χ0) is 21.3. The standard InChI is InChI=1S/C23H19F3N2O2/c1-2-18(29)8-3-15-4-11-20-16(13-15)5-12-21-22(20)27-14-28(21)17-6-9-19(10-7-17)30-23(24,25)26/h3-14,18,29H,2H2,1H3. The van der Waals surface area contributed by atoms with Gasteiger partial charge in [0.1, 0.15) is 12.1 Å². The fourth-order valence-electron chi connectivity index (χ4n) is 3.30.